The van der Waals surface area contributed by atoms with Crippen LogP contribution in [-0.4, -0.2) is 10.2 Å². The van der Waals surface area contributed by atoms with E-state index in [2.05, 4.69) is 10.2 Å². The summed E-state index contributed by atoms with van der Waals surface area (Å²) in [7, 11) is 0. The molecule has 0 saturated carbocycles. The van der Waals surface area contributed by atoms with Crippen LogP contribution in [0.1, 0.15) is 22.5 Å². The molecule has 1 aromatic heterocycles. The van der Waals surface area contributed by atoms with E-state index in [9.17, 15) is 13.2 Å². The van der Waals surface area contributed by atoms with E-state index >= 15 is 0 Å². The molecule has 0 amide bonds. The predicted octanol–water partition coefficient (Wildman–Crippen LogP) is 4.02. The predicted molar refractivity (Wildman–Crippen MR) is 63.2 cm³/mol. The number of aromatic amines is 1. The smallest absolute Gasteiger partial charge is 0.282 e. The summed E-state index contributed by atoms with van der Waals surface area (Å²) < 4.78 is 38.2. The molecule has 0 aliphatic carbocycles. The van der Waals surface area contributed by atoms with Crippen LogP contribution in [0.5, 0.6) is 0 Å². The quantitative estimate of drug-likeness (QED) is 0.818. The maximum Gasteiger partial charge on any atom is 0.416 e. The van der Waals surface area contributed by atoms with Crippen LogP contribution < -0.4 is 0 Å². The van der Waals surface area contributed by atoms with Crippen molar-refractivity contribution < 1.29 is 13.2 Å². The lowest BCUT2D eigenvalue weighted by Crippen LogP contribution is -2.05. The molecule has 1 aromatic carbocycles. The number of aryl methyl sites for hydroxylation is 3. The highest BCUT2D eigenvalue weighted by atomic mass is 19.4. The van der Waals surface area contributed by atoms with Gasteiger partial charge in [-0.1, -0.05) is 6.07 Å². The summed E-state index contributed by atoms with van der Waals surface area (Å²) in [5, 5.41) is 6.81. The molecule has 5 heteroatoms. The molecule has 2 rings (SSSR count). The molecule has 0 bridgehead atoms. The number of halogens is 3. The zero-order valence-electron chi connectivity index (χ0n) is 10.3. The van der Waals surface area contributed by atoms with Crippen LogP contribution >= 0.6 is 0 Å². The van der Waals surface area contributed by atoms with Crippen molar-refractivity contribution in [2.45, 2.75) is 26.9 Å². The summed E-state index contributed by atoms with van der Waals surface area (Å²) >= 11 is 0. The summed E-state index contributed by atoms with van der Waals surface area (Å²) in [4.78, 5) is 0. The number of hydrogen-bond acceptors (Lipinski definition) is 1. The Balaban J connectivity index is 2.65. The fourth-order valence-electron chi connectivity index (χ4n) is 2.02. The van der Waals surface area contributed by atoms with Crippen molar-refractivity contribution >= 4 is 0 Å². The topological polar surface area (TPSA) is 28.7 Å². The minimum absolute atomic E-state index is 0.577. The van der Waals surface area contributed by atoms with E-state index < -0.39 is 11.7 Å². The first-order valence-corrected chi connectivity index (χ1v) is 5.50. The van der Waals surface area contributed by atoms with Gasteiger partial charge in [0.1, 0.15) is 0 Å². The number of aromatic nitrogens is 2. The molecule has 0 unspecified atom stereocenters. The van der Waals surface area contributed by atoms with Crippen molar-refractivity contribution in [3.8, 4) is 11.1 Å². The van der Waals surface area contributed by atoms with Crippen LogP contribution in [0, 0.1) is 20.8 Å². The van der Waals surface area contributed by atoms with E-state index in [1.807, 2.05) is 0 Å². The van der Waals surface area contributed by atoms with Gasteiger partial charge >= 0.3 is 6.18 Å². The van der Waals surface area contributed by atoms with Crippen molar-refractivity contribution in [2.24, 2.45) is 0 Å². The second-order valence-electron chi connectivity index (χ2n) is 4.34. The lowest BCUT2D eigenvalue weighted by atomic mass is 9.96. The second-order valence-corrected chi connectivity index (χ2v) is 4.34. The van der Waals surface area contributed by atoms with Gasteiger partial charge in [-0.05, 0) is 44.0 Å². The molecular formula is C13H13F3N2. The van der Waals surface area contributed by atoms with Gasteiger partial charge in [0.25, 0.3) is 0 Å². The summed E-state index contributed by atoms with van der Waals surface area (Å²) in [6.07, 6.45) is -4.33. The number of nitrogens with one attached hydrogen (secondary N) is 1. The molecule has 0 radical (unpaired) electrons. The third kappa shape index (κ3) is 2.12. The fourth-order valence-corrected chi connectivity index (χ4v) is 2.02. The Hall–Kier alpha value is -1.78. The molecule has 96 valence electrons. The highest BCUT2D eigenvalue weighted by Gasteiger charge is 2.31. The fraction of sp³-hybridized carbons (Fsp3) is 0.308. The molecule has 0 spiro atoms. The summed E-state index contributed by atoms with van der Waals surface area (Å²) in [5.41, 5.74) is 2.97. The van der Waals surface area contributed by atoms with Gasteiger partial charge in [-0.25, -0.2) is 0 Å². The van der Waals surface area contributed by atoms with Crippen LogP contribution in [0.15, 0.2) is 18.2 Å². The van der Waals surface area contributed by atoms with Gasteiger partial charge in [0.2, 0.25) is 0 Å². The number of benzene rings is 1. The van der Waals surface area contributed by atoms with Gasteiger partial charge in [-0.2, -0.15) is 18.3 Å². The van der Waals surface area contributed by atoms with Crippen LogP contribution in [-0.2, 0) is 6.18 Å². The van der Waals surface area contributed by atoms with Crippen molar-refractivity contribution in [1.82, 2.24) is 10.2 Å². The molecule has 0 atom stereocenters. The Morgan fingerprint density at radius 2 is 1.78 bits per heavy atom. The normalized spacial score (nSPS) is 11.9. The standard InChI is InChI=1S/C13H13F3N2/c1-7-4-5-10(13(14,15)16)6-11(7)12-8(2)17-18-9(12)3/h4-6H,1-3H3,(H,17,18). The molecule has 0 aliphatic rings. The molecular weight excluding hydrogens is 241 g/mol. The molecule has 0 aliphatic heterocycles. The highest BCUT2D eigenvalue weighted by Crippen LogP contribution is 2.35. The van der Waals surface area contributed by atoms with Crippen molar-refractivity contribution in [2.75, 3.05) is 0 Å². The minimum Gasteiger partial charge on any atom is -0.282 e. The molecule has 1 heterocycles. The highest BCUT2D eigenvalue weighted by molar-refractivity contribution is 5.72. The molecule has 1 N–H and O–H groups in total. The molecule has 0 saturated heterocycles. The minimum atomic E-state index is -4.33. The van der Waals surface area contributed by atoms with Gasteiger partial charge in [-0.3, -0.25) is 5.10 Å². The van der Waals surface area contributed by atoms with Gasteiger partial charge in [0.15, 0.2) is 0 Å². The van der Waals surface area contributed by atoms with Gasteiger partial charge < -0.3 is 0 Å². The van der Waals surface area contributed by atoms with Crippen molar-refractivity contribution in [3.63, 3.8) is 0 Å². The SMILES string of the molecule is Cc1ccc(C(F)(F)F)cc1-c1c(C)n[nH]c1C. The maximum absolute atomic E-state index is 12.7. The zero-order chi connectivity index (χ0) is 13.5. The Morgan fingerprint density at radius 1 is 1.11 bits per heavy atom. The van der Waals surface area contributed by atoms with Gasteiger partial charge in [0, 0.05) is 11.3 Å². The lowest BCUT2D eigenvalue weighted by molar-refractivity contribution is -0.137. The van der Waals surface area contributed by atoms with E-state index in [0.29, 0.717) is 11.3 Å². The van der Waals surface area contributed by atoms with Crippen LogP contribution in [0.25, 0.3) is 11.1 Å². The zero-order valence-corrected chi connectivity index (χ0v) is 10.3. The van der Waals surface area contributed by atoms with Crippen LogP contribution in [0.3, 0.4) is 0 Å². The third-order valence-electron chi connectivity index (χ3n) is 2.96. The van der Waals surface area contributed by atoms with Crippen molar-refractivity contribution in [1.29, 1.82) is 0 Å². The Kier molecular flexibility index (Phi) is 2.92. The monoisotopic (exact) mass is 254 g/mol. The number of alkyl halides is 3. The molecule has 18 heavy (non-hydrogen) atoms. The second kappa shape index (κ2) is 4.15. The van der Waals surface area contributed by atoms with Crippen LogP contribution in [0.4, 0.5) is 13.2 Å². The number of hydrogen-bond donors (Lipinski definition) is 1. The van der Waals surface area contributed by atoms with E-state index in [-0.39, 0.29) is 0 Å². The summed E-state index contributed by atoms with van der Waals surface area (Å²) in [6, 6.07) is 3.77. The first-order valence-electron chi connectivity index (χ1n) is 5.50. The van der Waals surface area contributed by atoms with E-state index in [0.717, 1.165) is 22.9 Å². The van der Waals surface area contributed by atoms with Crippen molar-refractivity contribution in [3.05, 3.63) is 40.7 Å². The summed E-state index contributed by atoms with van der Waals surface area (Å²) in [6.45, 7) is 5.37. The molecule has 2 aromatic rings. The lowest BCUT2D eigenvalue weighted by Gasteiger charge is -2.11. The van der Waals surface area contributed by atoms with E-state index in [1.54, 1.807) is 20.8 Å². The first kappa shape index (κ1) is 12.7. The number of nitrogens with zero attached hydrogens (tertiary/aromatic N) is 1. The van der Waals surface area contributed by atoms with Gasteiger partial charge in [-0.15, -0.1) is 0 Å². The molecule has 0 fully saturated rings. The van der Waals surface area contributed by atoms with E-state index in [1.165, 1.54) is 12.1 Å². The largest absolute Gasteiger partial charge is 0.416 e. The first-order chi connectivity index (χ1) is 8.30. The third-order valence-corrected chi connectivity index (χ3v) is 2.96. The van der Waals surface area contributed by atoms with E-state index in [4.69, 9.17) is 0 Å². The Morgan fingerprint density at radius 3 is 2.28 bits per heavy atom. The maximum atomic E-state index is 12.7. The Bertz CT molecular complexity index is 563. The average Bonchev–Trinajstić information content (AvgIpc) is 2.58. The van der Waals surface area contributed by atoms with Gasteiger partial charge in [0.05, 0.1) is 11.3 Å². The average molecular weight is 254 g/mol. The number of rotatable bonds is 1. The summed E-state index contributed by atoms with van der Waals surface area (Å²) in [5.74, 6) is 0. The number of H-pyrrole nitrogens is 1. The van der Waals surface area contributed by atoms with Crippen LogP contribution in [0.2, 0.25) is 0 Å². The Labute approximate surface area is 103 Å². The molecule has 2 nitrogen and oxygen atoms in total.